The molecule has 2 nitrogen and oxygen atoms in total. The minimum atomic E-state index is -0.224. The second-order valence-corrected chi connectivity index (χ2v) is 4.76. The van der Waals surface area contributed by atoms with E-state index >= 15 is 0 Å². The minimum absolute atomic E-state index is 0.224. The summed E-state index contributed by atoms with van der Waals surface area (Å²) in [5.41, 5.74) is 2.52. The highest BCUT2D eigenvalue weighted by atomic mass is 32.1. The molecule has 2 rings (SSSR count). The summed E-state index contributed by atoms with van der Waals surface area (Å²) in [6.07, 6.45) is 0. The van der Waals surface area contributed by atoms with Gasteiger partial charge in [-0.3, -0.25) is 0 Å². The first-order chi connectivity index (χ1) is 7.65. The molecule has 0 amide bonds. The molecule has 1 aromatic carbocycles. The van der Waals surface area contributed by atoms with Crippen molar-refractivity contribution >= 4 is 17.0 Å². The summed E-state index contributed by atoms with van der Waals surface area (Å²) >= 11 is 1.60. The Hall–Kier alpha value is -1.42. The molecular formula is C12H13FN2S. The average molecular weight is 236 g/mol. The molecule has 1 N–H and O–H groups in total. The standard InChI is InChI=1S/C12H13FN2S/c1-8-3-4-11(13)12(5-8)14-6-10-7-16-9(2)15-10/h3-5,7,14H,6H2,1-2H3. The third kappa shape index (κ3) is 2.58. The van der Waals surface area contributed by atoms with Crippen molar-refractivity contribution in [1.82, 2.24) is 4.98 Å². The van der Waals surface area contributed by atoms with Gasteiger partial charge in [0, 0.05) is 5.38 Å². The van der Waals surface area contributed by atoms with Gasteiger partial charge in [0.1, 0.15) is 5.82 Å². The summed E-state index contributed by atoms with van der Waals surface area (Å²) in [5, 5.41) is 6.06. The van der Waals surface area contributed by atoms with Crippen LogP contribution in [0.15, 0.2) is 23.6 Å². The van der Waals surface area contributed by atoms with E-state index < -0.39 is 0 Å². The Kier molecular flexibility index (Phi) is 3.19. The fraction of sp³-hybridized carbons (Fsp3) is 0.250. The third-order valence-electron chi connectivity index (χ3n) is 2.25. The van der Waals surface area contributed by atoms with E-state index in [1.807, 2.05) is 19.2 Å². The quantitative estimate of drug-likeness (QED) is 0.882. The lowest BCUT2D eigenvalue weighted by atomic mass is 10.2. The molecule has 4 heteroatoms. The summed E-state index contributed by atoms with van der Waals surface area (Å²) in [6, 6.07) is 5.03. The number of anilines is 1. The van der Waals surface area contributed by atoms with Crippen LogP contribution in [0.3, 0.4) is 0 Å². The van der Waals surface area contributed by atoms with Gasteiger partial charge in [-0.05, 0) is 31.5 Å². The molecule has 0 aliphatic rings. The van der Waals surface area contributed by atoms with Crippen LogP contribution < -0.4 is 5.32 Å². The molecule has 0 saturated heterocycles. The first kappa shape index (κ1) is 11.1. The van der Waals surface area contributed by atoms with Gasteiger partial charge in [0.25, 0.3) is 0 Å². The molecule has 0 aliphatic heterocycles. The number of thiazole rings is 1. The van der Waals surface area contributed by atoms with Gasteiger partial charge >= 0.3 is 0 Å². The molecule has 0 atom stereocenters. The van der Waals surface area contributed by atoms with Crippen molar-refractivity contribution in [3.05, 3.63) is 45.7 Å². The van der Waals surface area contributed by atoms with Crippen LogP contribution in [-0.2, 0) is 6.54 Å². The van der Waals surface area contributed by atoms with E-state index in [-0.39, 0.29) is 5.82 Å². The summed E-state index contributed by atoms with van der Waals surface area (Å²) in [4.78, 5) is 4.31. The molecule has 0 spiro atoms. The molecule has 0 saturated carbocycles. The Morgan fingerprint density at radius 3 is 2.88 bits per heavy atom. The van der Waals surface area contributed by atoms with E-state index in [0.717, 1.165) is 16.3 Å². The normalized spacial score (nSPS) is 10.4. The molecule has 1 aromatic heterocycles. The van der Waals surface area contributed by atoms with Gasteiger partial charge in [-0.1, -0.05) is 6.07 Å². The third-order valence-corrected chi connectivity index (χ3v) is 3.07. The highest BCUT2D eigenvalue weighted by molar-refractivity contribution is 7.09. The first-order valence-electron chi connectivity index (χ1n) is 5.06. The zero-order valence-electron chi connectivity index (χ0n) is 9.25. The molecule has 0 bridgehead atoms. The van der Waals surface area contributed by atoms with E-state index in [1.165, 1.54) is 6.07 Å². The van der Waals surface area contributed by atoms with Crippen LogP contribution in [-0.4, -0.2) is 4.98 Å². The van der Waals surface area contributed by atoms with Crippen LogP contribution in [0.4, 0.5) is 10.1 Å². The number of halogens is 1. The van der Waals surface area contributed by atoms with Crippen molar-refractivity contribution in [2.75, 3.05) is 5.32 Å². The zero-order valence-corrected chi connectivity index (χ0v) is 10.1. The summed E-state index contributed by atoms with van der Waals surface area (Å²) < 4.78 is 13.4. The summed E-state index contributed by atoms with van der Waals surface area (Å²) in [6.45, 7) is 4.46. The Balaban J connectivity index is 2.07. The van der Waals surface area contributed by atoms with Gasteiger partial charge in [0.2, 0.25) is 0 Å². The Morgan fingerprint density at radius 1 is 1.38 bits per heavy atom. The molecule has 1 heterocycles. The van der Waals surface area contributed by atoms with Crippen molar-refractivity contribution < 1.29 is 4.39 Å². The number of nitrogens with one attached hydrogen (secondary N) is 1. The second kappa shape index (κ2) is 4.61. The predicted molar refractivity (Wildman–Crippen MR) is 65.3 cm³/mol. The van der Waals surface area contributed by atoms with Crippen LogP contribution in [0.1, 0.15) is 16.3 Å². The van der Waals surface area contributed by atoms with Gasteiger partial charge in [0.15, 0.2) is 0 Å². The minimum Gasteiger partial charge on any atom is -0.377 e. The average Bonchev–Trinajstić information content (AvgIpc) is 2.66. The van der Waals surface area contributed by atoms with Crippen molar-refractivity contribution in [3.8, 4) is 0 Å². The SMILES string of the molecule is Cc1ccc(F)c(NCc2csc(C)n2)c1. The van der Waals surface area contributed by atoms with E-state index in [1.54, 1.807) is 23.5 Å². The van der Waals surface area contributed by atoms with Gasteiger partial charge in [-0.25, -0.2) is 9.37 Å². The Morgan fingerprint density at radius 2 is 2.19 bits per heavy atom. The number of hydrogen-bond donors (Lipinski definition) is 1. The number of rotatable bonds is 3. The first-order valence-corrected chi connectivity index (χ1v) is 5.94. The topological polar surface area (TPSA) is 24.9 Å². The van der Waals surface area contributed by atoms with Crippen molar-refractivity contribution in [3.63, 3.8) is 0 Å². The number of nitrogens with zero attached hydrogens (tertiary/aromatic N) is 1. The Labute approximate surface area is 98.2 Å². The lowest BCUT2D eigenvalue weighted by molar-refractivity contribution is 0.629. The van der Waals surface area contributed by atoms with Crippen LogP contribution in [0.5, 0.6) is 0 Å². The lowest BCUT2D eigenvalue weighted by Crippen LogP contribution is -2.02. The van der Waals surface area contributed by atoms with E-state index in [2.05, 4.69) is 10.3 Å². The van der Waals surface area contributed by atoms with Gasteiger partial charge in [0.05, 0.1) is 22.9 Å². The monoisotopic (exact) mass is 236 g/mol. The van der Waals surface area contributed by atoms with Gasteiger partial charge in [-0.2, -0.15) is 0 Å². The van der Waals surface area contributed by atoms with Crippen LogP contribution >= 0.6 is 11.3 Å². The maximum atomic E-state index is 13.4. The van der Waals surface area contributed by atoms with Crippen molar-refractivity contribution in [1.29, 1.82) is 0 Å². The number of aryl methyl sites for hydroxylation is 2. The molecule has 0 fully saturated rings. The molecule has 16 heavy (non-hydrogen) atoms. The van der Waals surface area contributed by atoms with Crippen molar-refractivity contribution in [2.45, 2.75) is 20.4 Å². The maximum Gasteiger partial charge on any atom is 0.146 e. The molecule has 0 unspecified atom stereocenters. The van der Waals surface area contributed by atoms with Gasteiger partial charge in [-0.15, -0.1) is 11.3 Å². The van der Waals surface area contributed by atoms with E-state index in [0.29, 0.717) is 12.2 Å². The fourth-order valence-electron chi connectivity index (χ4n) is 1.45. The molecule has 0 radical (unpaired) electrons. The summed E-state index contributed by atoms with van der Waals surface area (Å²) in [7, 11) is 0. The molecule has 84 valence electrons. The smallest absolute Gasteiger partial charge is 0.146 e. The number of benzene rings is 1. The fourth-order valence-corrected chi connectivity index (χ4v) is 2.06. The second-order valence-electron chi connectivity index (χ2n) is 3.69. The molecule has 2 aromatic rings. The summed E-state index contributed by atoms with van der Waals surface area (Å²) in [5.74, 6) is -0.224. The van der Waals surface area contributed by atoms with Crippen LogP contribution in [0.25, 0.3) is 0 Å². The van der Waals surface area contributed by atoms with E-state index in [9.17, 15) is 4.39 Å². The van der Waals surface area contributed by atoms with E-state index in [4.69, 9.17) is 0 Å². The van der Waals surface area contributed by atoms with Crippen LogP contribution in [0.2, 0.25) is 0 Å². The Bertz CT molecular complexity index is 494. The lowest BCUT2D eigenvalue weighted by Gasteiger charge is -2.06. The van der Waals surface area contributed by atoms with Crippen molar-refractivity contribution in [2.24, 2.45) is 0 Å². The zero-order chi connectivity index (χ0) is 11.5. The molecule has 0 aliphatic carbocycles. The molecular weight excluding hydrogens is 223 g/mol. The largest absolute Gasteiger partial charge is 0.377 e. The highest BCUT2D eigenvalue weighted by Crippen LogP contribution is 2.17. The maximum absolute atomic E-state index is 13.4. The van der Waals surface area contributed by atoms with Gasteiger partial charge < -0.3 is 5.32 Å². The van der Waals surface area contributed by atoms with Crippen LogP contribution in [0, 0.1) is 19.7 Å². The number of hydrogen-bond acceptors (Lipinski definition) is 3. The number of aromatic nitrogens is 1. The highest BCUT2D eigenvalue weighted by Gasteiger charge is 2.03. The predicted octanol–water partition coefficient (Wildman–Crippen LogP) is 3.51.